The molecule has 0 aromatic heterocycles. The van der Waals surface area contributed by atoms with Gasteiger partial charge >= 0.3 is 0 Å². The summed E-state index contributed by atoms with van der Waals surface area (Å²) in [6, 6.07) is 4.44. The van der Waals surface area contributed by atoms with Gasteiger partial charge in [0.15, 0.2) is 5.78 Å². The van der Waals surface area contributed by atoms with Crippen molar-refractivity contribution in [1.29, 1.82) is 0 Å². The van der Waals surface area contributed by atoms with E-state index in [-0.39, 0.29) is 23.9 Å². The van der Waals surface area contributed by atoms with E-state index in [0.717, 1.165) is 5.56 Å². The maximum atomic E-state index is 12.1. The van der Waals surface area contributed by atoms with Gasteiger partial charge < -0.3 is 4.90 Å². The molecular formula is C14H16N2O4. The summed E-state index contributed by atoms with van der Waals surface area (Å²) < 4.78 is 0. The highest BCUT2D eigenvalue weighted by Crippen LogP contribution is 2.30. The van der Waals surface area contributed by atoms with Crippen LogP contribution in [-0.4, -0.2) is 23.2 Å². The van der Waals surface area contributed by atoms with Crippen molar-refractivity contribution in [2.24, 2.45) is 0 Å². The van der Waals surface area contributed by atoms with E-state index in [0.29, 0.717) is 31.4 Å². The van der Waals surface area contributed by atoms with Crippen molar-refractivity contribution in [2.75, 3.05) is 11.4 Å². The van der Waals surface area contributed by atoms with Gasteiger partial charge in [0.25, 0.3) is 5.69 Å². The molecule has 2 rings (SSSR count). The minimum atomic E-state index is -0.450. The van der Waals surface area contributed by atoms with Crippen LogP contribution in [0.15, 0.2) is 18.2 Å². The van der Waals surface area contributed by atoms with Gasteiger partial charge in [0.05, 0.1) is 11.5 Å². The number of non-ortho nitro benzene ring substituents is 1. The molecule has 6 heteroatoms. The summed E-state index contributed by atoms with van der Waals surface area (Å²) in [6.07, 6.45) is 1.98. The first-order chi connectivity index (χ1) is 9.52. The number of hydrogen-bond acceptors (Lipinski definition) is 4. The molecule has 0 unspecified atom stereocenters. The Bertz CT molecular complexity index is 568. The van der Waals surface area contributed by atoms with Crippen molar-refractivity contribution < 1.29 is 14.5 Å². The molecule has 1 aromatic carbocycles. The predicted octanol–water partition coefficient (Wildman–Crippen LogP) is 2.24. The lowest BCUT2D eigenvalue weighted by molar-refractivity contribution is -0.384. The maximum absolute atomic E-state index is 12.1. The summed E-state index contributed by atoms with van der Waals surface area (Å²) in [7, 11) is 0. The third kappa shape index (κ3) is 2.84. The number of hydrogen-bond donors (Lipinski definition) is 0. The minimum Gasteiger partial charge on any atom is -0.305 e. The van der Waals surface area contributed by atoms with Crippen molar-refractivity contribution in [3.05, 3.63) is 33.9 Å². The number of fused-ring (bicyclic) bond motifs is 1. The summed E-state index contributed by atoms with van der Waals surface area (Å²) in [5, 5.41) is 10.8. The predicted molar refractivity (Wildman–Crippen MR) is 73.7 cm³/mol. The van der Waals surface area contributed by atoms with Crippen LogP contribution < -0.4 is 4.90 Å². The largest absolute Gasteiger partial charge is 0.305 e. The monoisotopic (exact) mass is 276 g/mol. The highest BCUT2D eigenvalue weighted by Gasteiger charge is 2.25. The van der Waals surface area contributed by atoms with Gasteiger partial charge in [-0.25, -0.2) is 0 Å². The van der Waals surface area contributed by atoms with Crippen LogP contribution in [0.4, 0.5) is 11.4 Å². The second kappa shape index (κ2) is 5.81. The summed E-state index contributed by atoms with van der Waals surface area (Å²) in [5.74, 6) is -0.121. The van der Waals surface area contributed by atoms with E-state index < -0.39 is 4.92 Å². The number of nitro benzene ring substituents is 1. The lowest BCUT2D eigenvalue weighted by Gasteiger charge is -2.22. The average Bonchev–Trinajstić information content (AvgIpc) is 2.58. The zero-order valence-electron chi connectivity index (χ0n) is 11.3. The highest BCUT2D eigenvalue weighted by molar-refractivity contribution is 6.00. The van der Waals surface area contributed by atoms with E-state index >= 15 is 0 Å². The van der Waals surface area contributed by atoms with E-state index in [1.807, 2.05) is 0 Å². The number of nitro groups is 1. The Morgan fingerprint density at radius 2 is 2.15 bits per heavy atom. The Labute approximate surface area is 116 Å². The zero-order chi connectivity index (χ0) is 14.7. The van der Waals surface area contributed by atoms with Gasteiger partial charge in [0.1, 0.15) is 0 Å². The third-order valence-corrected chi connectivity index (χ3v) is 3.43. The molecule has 0 spiro atoms. The summed E-state index contributed by atoms with van der Waals surface area (Å²) in [5.41, 5.74) is 1.40. The molecule has 1 aromatic rings. The quantitative estimate of drug-likeness (QED) is 0.624. The van der Waals surface area contributed by atoms with Gasteiger partial charge in [-0.15, -0.1) is 0 Å². The van der Waals surface area contributed by atoms with Crippen molar-refractivity contribution in [1.82, 2.24) is 0 Å². The number of ketones is 1. The fourth-order valence-electron chi connectivity index (χ4n) is 2.31. The van der Waals surface area contributed by atoms with E-state index in [9.17, 15) is 19.7 Å². The van der Waals surface area contributed by atoms with Crippen LogP contribution in [0, 0.1) is 10.1 Å². The molecule has 106 valence electrons. The van der Waals surface area contributed by atoms with Crippen LogP contribution in [0.5, 0.6) is 0 Å². The molecule has 1 heterocycles. The lowest BCUT2D eigenvalue weighted by atomic mass is 10.1. The molecule has 0 aliphatic carbocycles. The van der Waals surface area contributed by atoms with Crippen LogP contribution in [0.3, 0.4) is 0 Å². The lowest BCUT2D eigenvalue weighted by Crippen LogP contribution is -2.35. The molecule has 6 nitrogen and oxygen atoms in total. The van der Waals surface area contributed by atoms with Crippen molar-refractivity contribution in [3.8, 4) is 0 Å². The Morgan fingerprint density at radius 1 is 1.40 bits per heavy atom. The second-order valence-corrected chi connectivity index (χ2v) is 4.80. The van der Waals surface area contributed by atoms with Gasteiger partial charge in [0, 0.05) is 30.7 Å². The van der Waals surface area contributed by atoms with Gasteiger partial charge in [-0.1, -0.05) is 6.92 Å². The Hall–Kier alpha value is -2.24. The van der Waals surface area contributed by atoms with Crippen molar-refractivity contribution >= 4 is 23.1 Å². The third-order valence-electron chi connectivity index (χ3n) is 3.43. The van der Waals surface area contributed by atoms with Crippen LogP contribution >= 0.6 is 0 Å². The van der Waals surface area contributed by atoms with Gasteiger partial charge in [-0.3, -0.25) is 19.7 Å². The molecule has 1 aliphatic rings. The number of benzene rings is 1. The number of Topliss-reactive ketones (excluding diaryl/α,β-unsaturated/α-hetero) is 1. The summed E-state index contributed by atoms with van der Waals surface area (Å²) in [6.45, 7) is 1.79. The molecular weight excluding hydrogens is 260 g/mol. The van der Waals surface area contributed by atoms with Gasteiger partial charge in [-0.2, -0.15) is 0 Å². The number of carbonyl (C=O) groups is 2. The molecule has 20 heavy (non-hydrogen) atoms. The number of rotatable bonds is 4. The van der Waals surface area contributed by atoms with Crippen molar-refractivity contribution in [2.45, 2.75) is 32.6 Å². The normalized spacial score (nSPS) is 14.7. The molecule has 0 bridgehead atoms. The number of aryl methyl sites for hydroxylation is 1. The number of anilines is 1. The number of carbonyl (C=O) groups excluding carboxylic acids is 2. The van der Waals surface area contributed by atoms with Crippen LogP contribution in [0.2, 0.25) is 0 Å². The van der Waals surface area contributed by atoms with E-state index in [4.69, 9.17) is 0 Å². The first-order valence-electron chi connectivity index (χ1n) is 6.62. The fourth-order valence-corrected chi connectivity index (χ4v) is 2.31. The maximum Gasteiger partial charge on any atom is 0.269 e. The van der Waals surface area contributed by atoms with Crippen LogP contribution in [0.25, 0.3) is 0 Å². The smallest absolute Gasteiger partial charge is 0.269 e. The first kappa shape index (κ1) is 14.2. The Balaban J connectivity index is 2.41. The summed E-state index contributed by atoms with van der Waals surface area (Å²) in [4.78, 5) is 35.5. The fraction of sp³-hybridized carbons (Fsp3) is 0.429. The SMILES string of the molecule is CCC(=O)CN1C(=O)CCCc2cc([N+](=O)[O-])ccc21. The van der Waals surface area contributed by atoms with Crippen LogP contribution in [-0.2, 0) is 16.0 Å². The van der Waals surface area contributed by atoms with E-state index in [1.54, 1.807) is 13.0 Å². The van der Waals surface area contributed by atoms with E-state index in [2.05, 4.69) is 0 Å². The molecule has 0 saturated heterocycles. The molecule has 0 saturated carbocycles. The second-order valence-electron chi connectivity index (χ2n) is 4.80. The molecule has 0 radical (unpaired) electrons. The molecule has 0 atom stereocenters. The van der Waals surface area contributed by atoms with Crippen molar-refractivity contribution in [3.63, 3.8) is 0 Å². The van der Waals surface area contributed by atoms with Gasteiger partial charge in [-0.05, 0) is 24.5 Å². The van der Waals surface area contributed by atoms with Crippen LogP contribution in [0.1, 0.15) is 31.7 Å². The molecule has 0 fully saturated rings. The number of nitrogens with zero attached hydrogens (tertiary/aromatic N) is 2. The van der Waals surface area contributed by atoms with Gasteiger partial charge in [0.2, 0.25) is 5.91 Å². The number of amides is 1. The standard InChI is InChI=1S/C14H16N2O4/c1-2-12(17)9-15-13-7-6-11(16(19)20)8-10(13)4-3-5-14(15)18/h6-8H,2-5,9H2,1H3. The average molecular weight is 276 g/mol. The topological polar surface area (TPSA) is 80.5 Å². The molecule has 0 N–H and O–H groups in total. The summed E-state index contributed by atoms with van der Waals surface area (Å²) >= 11 is 0. The highest BCUT2D eigenvalue weighted by atomic mass is 16.6. The van der Waals surface area contributed by atoms with E-state index in [1.165, 1.54) is 17.0 Å². The minimum absolute atomic E-state index is 0.0138. The Morgan fingerprint density at radius 3 is 2.80 bits per heavy atom. The molecule has 1 amide bonds. The molecule has 1 aliphatic heterocycles. The Kier molecular flexibility index (Phi) is 4.12. The first-order valence-corrected chi connectivity index (χ1v) is 6.62. The zero-order valence-corrected chi connectivity index (χ0v) is 11.3.